The first-order chi connectivity index (χ1) is 16.8. The molecule has 35 heavy (non-hydrogen) atoms. The van der Waals surface area contributed by atoms with E-state index in [9.17, 15) is 18.0 Å². The molecule has 0 aliphatic carbocycles. The molecule has 1 aromatic carbocycles. The van der Waals surface area contributed by atoms with Crippen molar-refractivity contribution in [3.63, 3.8) is 0 Å². The summed E-state index contributed by atoms with van der Waals surface area (Å²) in [7, 11) is 0. The molecule has 4 heterocycles. The van der Waals surface area contributed by atoms with Crippen molar-refractivity contribution in [2.24, 2.45) is 0 Å². The monoisotopic (exact) mass is 482 g/mol. The van der Waals surface area contributed by atoms with Crippen molar-refractivity contribution < 1.29 is 22.7 Å². The van der Waals surface area contributed by atoms with Crippen LogP contribution in [0, 0.1) is 22.9 Å². The molecule has 0 radical (unpaired) electrons. The molecule has 0 spiro atoms. The maximum atomic E-state index is 14.6. The van der Waals surface area contributed by atoms with Gasteiger partial charge in [-0.05, 0) is 25.0 Å². The summed E-state index contributed by atoms with van der Waals surface area (Å²) in [5.41, 5.74) is 6.24. The summed E-state index contributed by atoms with van der Waals surface area (Å²) in [5, 5.41) is 10.8. The summed E-state index contributed by atoms with van der Waals surface area (Å²) in [6.45, 7) is 1.52. The van der Waals surface area contributed by atoms with Crippen molar-refractivity contribution in [3.05, 3.63) is 59.2 Å². The Morgan fingerprint density at radius 1 is 1.17 bits per heavy atom. The zero-order chi connectivity index (χ0) is 24.7. The van der Waals surface area contributed by atoms with E-state index in [2.05, 4.69) is 15.3 Å². The number of carbonyl (C=O) groups is 1. The second-order valence-corrected chi connectivity index (χ2v) is 8.34. The number of piperidine rings is 1. The van der Waals surface area contributed by atoms with Crippen LogP contribution < -0.4 is 20.7 Å². The third kappa shape index (κ3) is 4.13. The minimum atomic E-state index is -1.06. The van der Waals surface area contributed by atoms with Gasteiger partial charge in [-0.25, -0.2) is 23.1 Å². The molecule has 0 bridgehead atoms. The van der Waals surface area contributed by atoms with E-state index < -0.39 is 40.3 Å². The number of carbonyl (C=O) groups excluding carboxylic acids is 1. The second-order valence-electron chi connectivity index (χ2n) is 8.34. The number of amides is 1. The highest BCUT2D eigenvalue weighted by atomic mass is 19.1. The molecule has 0 atom stereocenters. The van der Waals surface area contributed by atoms with E-state index in [1.165, 1.54) is 6.20 Å². The lowest BCUT2D eigenvalue weighted by Gasteiger charge is -2.32. The Hall–Kier alpha value is -4.15. The number of hydrogen-bond acceptors (Lipinski definition) is 7. The van der Waals surface area contributed by atoms with Crippen LogP contribution in [0.2, 0.25) is 0 Å². The van der Waals surface area contributed by atoms with Gasteiger partial charge in [-0.3, -0.25) is 4.79 Å². The van der Waals surface area contributed by atoms with Crippen LogP contribution >= 0.6 is 0 Å². The molecule has 180 valence electrons. The number of halogens is 3. The van der Waals surface area contributed by atoms with E-state index in [1.54, 1.807) is 0 Å². The van der Waals surface area contributed by atoms with E-state index in [0.717, 1.165) is 36.2 Å². The van der Waals surface area contributed by atoms with Gasteiger partial charge in [0.2, 0.25) is 5.88 Å². The smallest absolute Gasteiger partial charge is 0.276 e. The van der Waals surface area contributed by atoms with Gasteiger partial charge < -0.3 is 26.1 Å². The molecule has 11 heteroatoms. The topological polar surface area (TPSA) is 117 Å². The van der Waals surface area contributed by atoms with Crippen LogP contribution in [0.25, 0.3) is 11.3 Å². The fourth-order valence-electron chi connectivity index (χ4n) is 4.41. The van der Waals surface area contributed by atoms with E-state index >= 15 is 0 Å². The predicted molar refractivity (Wildman–Crippen MR) is 125 cm³/mol. The maximum absolute atomic E-state index is 14.6. The zero-order valence-electron chi connectivity index (χ0n) is 18.5. The standard InChI is InChI=1S/C24H21F3N6O2/c25-14-4-1-5-15(26)19(14)20-16(27)9-17(29)21(32-20)23(34)31-18-10-30-24-13(6-8-35-24)22(18)33-7-2-3-12(28)11-33/h1,4-5,9-10,28H,2-3,6-8,11,29H2,(H,31,34). The lowest BCUT2D eigenvalue weighted by molar-refractivity contribution is 0.102. The maximum Gasteiger partial charge on any atom is 0.276 e. The number of anilines is 3. The van der Waals surface area contributed by atoms with Crippen LogP contribution in [0.4, 0.5) is 30.2 Å². The van der Waals surface area contributed by atoms with Crippen molar-refractivity contribution >= 4 is 28.7 Å². The van der Waals surface area contributed by atoms with Crippen molar-refractivity contribution in [3.8, 4) is 17.1 Å². The van der Waals surface area contributed by atoms with Crippen molar-refractivity contribution in [1.82, 2.24) is 9.97 Å². The Balaban J connectivity index is 1.54. The number of rotatable bonds is 4. The molecule has 8 nitrogen and oxygen atoms in total. The lowest BCUT2D eigenvalue weighted by atomic mass is 10.0. The molecule has 0 unspecified atom stereocenters. The van der Waals surface area contributed by atoms with Gasteiger partial charge in [-0.15, -0.1) is 0 Å². The van der Waals surface area contributed by atoms with Crippen molar-refractivity contribution in [2.75, 3.05) is 35.6 Å². The number of nitrogens with one attached hydrogen (secondary N) is 2. The van der Waals surface area contributed by atoms with Crippen molar-refractivity contribution in [2.45, 2.75) is 19.3 Å². The zero-order valence-corrected chi connectivity index (χ0v) is 18.5. The molecular formula is C24H21F3N6O2. The minimum Gasteiger partial charge on any atom is -0.477 e. The number of nitrogens with zero attached hydrogens (tertiary/aromatic N) is 3. The molecule has 5 rings (SSSR count). The number of hydrogen-bond donors (Lipinski definition) is 3. The predicted octanol–water partition coefficient (Wildman–Crippen LogP) is 3.95. The van der Waals surface area contributed by atoms with Crippen LogP contribution in [0.3, 0.4) is 0 Å². The van der Waals surface area contributed by atoms with Crippen molar-refractivity contribution in [1.29, 1.82) is 5.41 Å². The molecule has 2 aliphatic heterocycles. The average Bonchev–Trinajstić information content (AvgIpc) is 3.29. The first kappa shape index (κ1) is 22.6. The van der Waals surface area contributed by atoms with E-state index in [-0.39, 0.29) is 5.69 Å². The largest absolute Gasteiger partial charge is 0.477 e. The molecule has 1 amide bonds. The molecule has 0 saturated carbocycles. The van der Waals surface area contributed by atoms with Gasteiger partial charge in [0.25, 0.3) is 5.91 Å². The number of nitrogens with two attached hydrogens (primary N) is 1. The van der Waals surface area contributed by atoms with E-state index in [1.807, 2.05) is 4.90 Å². The second kappa shape index (κ2) is 8.90. The van der Waals surface area contributed by atoms with Gasteiger partial charge in [0.1, 0.15) is 17.3 Å². The Bertz CT molecular complexity index is 1340. The first-order valence-corrected chi connectivity index (χ1v) is 11.0. The Kier molecular flexibility index (Phi) is 5.75. The van der Waals surface area contributed by atoms with E-state index in [4.69, 9.17) is 15.9 Å². The van der Waals surface area contributed by atoms with Gasteiger partial charge in [0.15, 0.2) is 11.5 Å². The third-order valence-corrected chi connectivity index (χ3v) is 5.97. The fraction of sp³-hybridized carbons (Fsp3) is 0.250. The van der Waals surface area contributed by atoms with E-state index in [0.29, 0.717) is 55.5 Å². The Morgan fingerprint density at radius 2 is 1.94 bits per heavy atom. The minimum absolute atomic E-state index is 0.292. The molecule has 3 aromatic rings. The van der Waals surface area contributed by atoms with Crippen LogP contribution in [-0.2, 0) is 6.42 Å². The summed E-state index contributed by atoms with van der Waals surface area (Å²) < 4.78 is 48.8. The average molecular weight is 482 g/mol. The van der Waals surface area contributed by atoms with Gasteiger partial charge in [-0.1, -0.05) is 6.07 Å². The number of aromatic nitrogens is 2. The fourth-order valence-corrected chi connectivity index (χ4v) is 4.41. The first-order valence-electron chi connectivity index (χ1n) is 11.0. The van der Waals surface area contributed by atoms with Crippen LogP contribution in [-0.4, -0.2) is 41.3 Å². The van der Waals surface area contributed by atoms with Crippen LogP contribution in [0.5, 0.6) is 5.88 Å². The van der Waals surface area contributed by atoms with Gasteiger partial charge in [0.05, 0.1) is 42.0 Å². The summed E-state index contributed by atoms with van der Waals surface area (Å²) in [5.74, 6) is -3.44. The summed E-state index contributed by atoms with van der Waals surface area (Å²) >= 11 is 0. The lowest BCUT2D eigenvalue weighted by Crippen LogP contribution is -2.36. The Morgan fingerprint density at radius 3 is 2.69 bits per heavy atom. The number of fused-ring (bicyclic) bond motifs is 1. The summed E-state index contributed by atoms with van der Waals surface area (Å²) in [6, 6.07) is 3.89. The van der Waals surface area contributed by atoms with Crippen LogP contribution in [0.1, 0.15) is 28.9 Å². The molecule has 2 aliphatic rings. The molecular weight excluding hydrogens is 461 g/mol. The highest BCUT2D eigenvalue weighted by Gasteiger charge is 2.29. The number of benzene rings is 1. The summed E-state index contributed by atoms with van der Waals surface area (Å²) in [4.78, 5) is 23.4. The third-order valence-electron chi connectivity index (χ3n) is 5.97. The summed E-state index contributed by atoms with van der Waals surface area (Å²) in [6.07, 6.45) is 3.51. The van der Waals surface area contributed by atoms with Gasteiger partial charge in [-0.2, -0.15) is 0 Å². The number of nitrogen functional groups attached to an aromatic ring is 1. The highest BCUT2D eigenvalue weighted by molar-refractivity contribution is 6.08. The van der Waals surface area contributed by atoms with Gasteiger partial charge >= 0.3 is 0 Å². The van der Waals surface area contributed by atoms with Gasteiger partial charge in [0, 0.05) is 30.3 Å². The molecule has 1 fully saturated rings. The quantitative estimate of drug-likeness (QED) is 0.519. The molecule has 1 saturated heterocycles. The normalized spacial score (nSPS) is 15.1. The molecule has 4 N–H and O–H groups in total. The number of pyridine rings is 2. The molecule has 2 aromatic heterocycles. The SMILES string of the molecule is N=C1CCCN(c2c(NC(=O)c3nc(-c4c(F)cccc4F)c(F)cc3N)cnc3c2CCO3)C1. The van der Waals surface area contributed by atoms with Crippen LogP contribution in [0.15, 0.2) is 30.5 Å². The number of ether oxygens (including phenoxy) is 1. The highest BCUT2D eigenvalue weighted by Crippen LogP contribution is 2.39. The Labute approximate surface area is 198 Å².